The number of carbonyl (C=O) groups excluding carboxylic acids is 4. The van der Waals surface area contributed by atoms with E-state index in [1.54, 1.807) is 0 Å². The zero-order valence-electron chi connectivity index (χ0n) is 11.6. The third kappa shape index (κ3) is 3.97. The zero-order valence-corrected chi connectivity index (χ0v) is 11.6. The SMILES string of the molecule is O=C=NC1CCC1OC(=O)/C=C/C(=O)OC1CCC1N=C=O. The summed E-state index contributed by atoms with van der Waals surface area (Å²) < 4.78 is 10.1. The summed E-state index contributed by atoms with van der Waals surface area (Å²) in [5, 5.41) is 0. The van der Waals surface area contributed by atoms with Gasteiger partial charge in [-0.1, -0.05) is 0 Å². The number of esters is 2. The van der Waals surface area contributed by atoms with Crippen molar-refractivity contribution in [2.24, 2.45) is 9.98 Å². The van der Waals surface area contributed by atoms with Crippen LogP contribution in [0.4, 0.5) is 0 Å². The number of carbonyl (C=O) groups is 2. The quantitative estimate of drug-likeness (QED) is 0.303. The Morgan fingerprint density at radius 2 is 1.23 bits per heavy atom. The molecule has 0 bridgehead atoms. The van der Waals surface area contributed by atoms with Gasteiger partial charge in [0.2, 0.25) is 12.2 Å². The monoisotopic (exact) mass is 306 g/mol. The van der Waals surface area contributed by atoms with Crippen molar-refractivity contribution in [1.29, 1.82) is 0 Å². The first kappa shape index (κ1) is 15.8. The summed E-state index contributed by atoms with van der Waals surface area (Å²) >= 11 is 0. The average molecular weight is 306 g/mol. The zero-order chi connectivity index (χ0) is 15.9. The molecular formula is C14H14N2O6. The Kier molecular flexibility index (Phi) is 5.36. The summed E-state index contributed by atoms with van der Waals surface area (Å²) in [5.41, 5.74) is 0. The molecule has 2 aliphatic carbocycles. The van der Waals surface area contributed by atoms with Crippen LogP contribution in [0.1, 0.15) is 25.7 Å². The van der Waals surface area contributed by atoms with E-state index in [0.717, 1.165) is 12.2 Å². The lowest BCUT2D eigenvalue weighted by Gasteiger charge is -2.31. The van der Waals surface area contributed by atoms with E-state index in [9.17, 15) is 19.2 Å². The van der Waals surface area contributed by atoms with E-state index in [-0.39, 0.29) is 12.1 Å². The fourth-order valence-electron chi connectivity index (χ4n) is 2.12. The van der Waals surface area contributed by atoms with Crippen molar-refractivity contribution in [1.82, 2.24) is 0 Å². The van der Waals surface area contributed by atoms with Gasteiger partial charge in [-0.3, -0.25) is 0 Å². The van der Waals surface area contributed by atoms with Crippen molar-refractivity contribution < 1.29 is 28.7 Å². The molecular weight excluding hydrogens is 292 g/mol. The summed E-state index contributed by atoms with van der Waals surface area (Å²) in [7, 11) is 0. The van der Waals surface area contributed by atoms with Gasteiger partial charge in [0, 0.05) is 12.2 Å². The largest absolute Gasteiger partial charge is 0.457 e. The van der Waals surface area contributed by atoms with Gasteiger partial charge >= 0.3 is 11.9 Å². The van der Waals surface area contributed by atoms with Crippen LogP contribution in [0.2, 0.25) is 0 Å². The number of hydrogen-bond donors (Lipinski definition) is 0. The molecule has 0 aromatic rings. The molecule has 0 aromatic heterocycles. The van der Waals surface area contributed by atoms with Crippen LogP contribution in [0, 0.1) is 0 Å². The van der Waals surface area contributed by atoms with Gasteiger partial charge in [-0.25, -0.2) is 19.2 Å². The predicted molar refractivity (Wildman–Crippen MR) is 71.2 cm³/mol. The first-order chi connectivity index (χ1) is 10.6. The van der Waals surface area contributed by atoms with Crippen molar-refractivity contribution in [2.75, 3.05) is 0 Å². The third-order valence-electron chi connectivity index (χ3n) is 3.68. The molecule has 0 amide bonds. The van der Waals surface area contributed by atoms with Gasteiger partial charge < -0.3 is 9.47 Å². The fraction of sp³-hybridized carbons (Fsp3) is 0.571. The van der Waals surface area contributed by atoms with E-state index in [2.05, 4.69) is 9.98 Å². The number of ether oxygens (including phenoxy) is 2. The van der Waals surface area contributed by atoms with Gasteiger partial charge in [0.15, 0.2) is 0 Å². The Hall–Kier alpha value is -2.56. The summed E-state index contributed by atoms with van der Waals surface area (Å²) in [5.74, 6) is -1.41. The second kappa shape index (κ2) is 7.45. The molecule has 0 spiro atoms. The normalized spacial score (nSPS) is 29.3. The van der Waals surface area contributed by atoms with E-state index in [4.69, 9.17) is 9.47 Å². The highest BCUT2D eigenvalue weighted by Gasteiger charge is 2.34. The lowest BCUT2D eigenvalue weighted by Crippen LogP contribution is -2.39. The van der Waals surface area contributed by atoms with Crippen LogP contribution in [-0.2, 0) is 28.7 Å². The van der Waals surface area contributed by atoms with Crippen LogP contribution in [0.25, 0.3) is 0 Å². The molecule has 8 nitrogen and oxygen atoms in total. The first-order valence-corrected chi connectivity index (χ1v) is 6.87. The highest BCUT2D eigenvalue weighted by Crippen LogP contribution is 2.27. The molecule has 2 aliphatic rings. The van der Waals surface area contributed by atoms with Crippen LogP contribution in [0.15, 0.2) is 22.1 Å². The van der Waals surface area contributed by atoms with E-state index in [1.165, 1.54) is 12.2 Å². The molecule has 0 saturated heterocycles. The Bertz CT molecular complexity index is 524. The van der Waals surface area contributed by atoms with Gasteiger partial charge in [-0.05, 0) is 25.7 Å². The van der Waals surface area contributed by atoms with E-state index < -0.39 is 24.1 Å². The lowest BCUT2D eigenvalue weighted by molar-refractivity contribution is -0.150. The Morgan fingerprint density at radius 3 is 1.50 bits per heavy atom. The van der Waals surface area contributed by atoms with E-state index in [1.807, 2.05) is 0 Å². The number of nitrogens with zero attached hydrogens (tertiary/aromatic N) is 2. The summed E-state index contributed by atoms with van der Waals surface area (Å²) in [6.45, 7) is 0. The molecule has 2 fully saturated rings. The smallest absolute Gasteiger partial charge is 0.331 e. The van der Waals surface area contributed by atoms with Gasteiger partial charge in [0.05, 0.1) is 12.1 Å². The molecule has 4 atom stereocenters. The molecule has 4 unspecified atom stereocenters. The van der Waals surface area contributed by atoms with Crippen molar-refractivity contribution in [3.05, 3.63) is 12.2 Å². The van der Waals surface area contributed by atoms with Crippen molar-refractivity contribution in [3.63, 3.8) is 0 Å². The van der Waals surface area contributed by atoms with Crippen LogP contribution < -0.4 is 0 Å². The highest BCUT2D eigenvalue weighted by molar-refractivity contribution is 5.91. The average Bonchev–Trinajstić information content (AvgIpc) is 2.49. The maximum atomic E-state index is 11.5. The third-order valence-corrected chi connectivity index (χ3v) is 3.68. The summed E-state index contributed by atoms with van der Waals surface area (Å²) in [4.78, 5) is 50.3. The van der Waals surface area contributed by atoms with Crippen molar-refractivity contribution >= 4 is 24.1 Å². The van der Waals surface area contributed by atoms with Crippen molar-refractivity contribution in [3.8, 4) is 0 Å². The highest BCUT2D eigenvalue weighted by atomic mass is 16.6. The Balaban J connectivity index is 1.74. The lowest BCUT2D eigenvalue weighted by atomic mass is 9.89. The predicted octanol–water partition coefficient (Wildman–Crippen LogP) is 0.363. The van der Waals surface area contributed by atoms with Crippen LogP contribution in [-0.4, -0.2) is 48.4 Å². The van der Waals surface area contributed by atoms with Crippen LogP contribution in [0.3, 0.4) is 0 Å². The molecule has 116 valence electrons. The van der Waals surface area contributed by atoms with E-state index in [0.29, 0.717) is 25.7 Å². The van der Waals surface area contributed by atoms with Crippen LogP contribution >= 0.6 is 0 Å². The van der Waals surface area contributed by atoms with Gasteiger partial charge in [0.1, 0.15) is 12.2 Å². The maximum Gasteiger partial charge on any atom is 0.331 e. The molecule has 0 aliphatic heterocycles. The molecule has 0 N–H and O–H groups in total. The Labute approximate surface area is 125 Å². The van der Waals surface area contributed by atoms with Gasteiger partial charge in [-0.2, -0.15) is 9.98 Å². The molecule has 0 heterocycles. The molecule has 8 heteroatoms. The summed E-state index contributed by atoms with van der Waals surface area (Å²) in [6.07, 6.45) is 6.44. The molecule has 2 saturated carbocycles. The second-order valence-corrected chi connectivity index (χ2v) is 5.01. The number of hydrogen-bond acceptors (Lipinski definition) is 8. The van der Waals surface area contributed by atoms with Gasteiger partial charge in [-0.15, -0.1) is 0 Å². The topological polar surface area (TPSA) is 111 Å². The second-order valence-electron chi connectivity index (χ2n) is 5.01. The minimum Gasteiger partial charge on any atom is -0.457 e. The molecule has 22 heavy (non-hydrogen) atoms. The van der Waals surface area contributed by atoms with Crippen molar-refractivity contribution in [2.45, 2.75) is 50.0 Å². The molecule has 0 radical (unpaired) electrons. The first-order valence-electron chi connectivity index (χ1n) is 6.87. The van der Waals surface area contributed by atoms with Crippen LogP contribution in [0.5, 0.6) is 0 Å². The van der Waals surface area contributed by atoms with Gasteiger partial charge in [0.25, 0.3) is 0 Å². The number of rotatable bonds is 6. The summed E-state index contributed by atoms with van der Waals surface area (Å²) in [6, 6.07) is -0.697. The number of aliphatic imine (C=N–C) groups is 2. The van der Waals surface area contributed by atoms with E-state index >= 15 is 0 Å². The number of isocyanates is 2. The minimum absolute atomic E-state index is 0.348. The maximum absolute atomic E-state index is 11.5. The molecule has 2 rings (SSSR count). The fourth-order valence-corrected chi connectivity index (χ4v) is 2.12. The minimum atomic E-state index is -0.705. The standard InChI is InChI=1S/C14H14N2O6/c17-7-15-9-1-3-11(9)21-13(19)5-6-14(20)22-12-4-2-10(12)16-8-18/h5-6,9-12H,1-4H2/b6-5+. The molecule has 0 aromatic carbocycles. The Morgan fingerprint density at radius 1 is 0.818 bits per heavy atom.